The highest BCUT2D eigenvalue weighted by molar-refractivity contribution is 5.94. The molecule has 36 heavy (non-hydrogen) atoms. The van der Waals surface area contributed by atoms with Crippen molar-refractivity contribution in [1.29, 1.82) is 0 Å². The topological polar surface area (TPSA) is 75.2 Å². The van der Waals surface area contributed by atoms with E-state index in [1.807, 2.05) is 29.1 Å². The molecule has 7 nitrogen and oxygen atoms in total. The normalized spacial score (nSPS) is 18.5. The second-order valence-corrected chi connectivity index (χ2v) is 10.8. The fourth-order valence-corrected chi connectivity index (χ4v) is 4.81. The van der Waals surface area contributed by atoms with Crippen molar-refractivity contribution in [2.75, 3.05) is 18.0 Å². The molecule has 0 aliphatic carbocycles. The van der Waals surface area contributed by atoms with E-state index < -0.39 is 0 Å². The average Bonchev–Trinajstić information content (AvgIpc) is 3.49. The van der Waals surface area contributed by atoms with Crippen molar-refractivity contribution in [3.63, 3.8) is 0 Å². The maximum atomic E-state index is 12.6. The standard InChI is InChI=1S/C29H35N5O2/c1-19-16-33(17-20(2)36-19)24-8-6-7-21(13-24)22-9-10-25-26(14-22)32-27(31-25)15-30-28(35)23-11-12-34(18-23)29(3,4)5/h6-14,18-20H,15-17H2,1-5H3,(H,30,35)(H,31,32)/t19-,20?/m1/s1. The number of amides is 1. The van der Waals surface area contributed by atoms with Crippen LogP contribution in [0.15, 0.2) is 60.9 Å². The summed E-state index contributed by atoms with van der Waals surface area (Å²) in [6, 6.07) is 16.8. The highest BCUT2D eigenvalue weighted by atomic mass is 16.5. The van der Waals surface area contributed by atoms with Crippen LogP contribution >= 0.6 is 0 Å². The Balaban J connectivity index is 1.30. The van der Waals surface area contributed by atoms with E-state index in [1.54, 1.807) is 0 Å². The van der Waals surface area contributed by atoms with Crippen LogP contribution in [0.1, 0.15) is 50.8 Å². The van der Waals surface area contributed by atoms with E-state index in [9.17, 15) is 4.79 Å². The maximum Gasteiger partial charge on any atom is 0.253 e. The Hall–Kier alpha value is -3.58. The minimum Gasteiger partial charge on any atom is -0.372 e. The van der Waals surface area contributed by atoms with Gasteiger partial charge < -0.3 is 24.5 Å². The molecule has 1 amide bonds. The lowest BCUT2D eigenvalue weighted by Crippen LogP contribution is -2.45. The zero-order valence-corrected chi connectivity index (χ0v) is 21.7. The van der Waals surface area contributed by atoms with E-state index in [1.165, 1.54) is 5.69 Å². The highest BCUT2D eigenvalue weighted by Gasteiger charge is 2.22. The zero-order valence-electron chi connectivity index (χ0n) is 21.7. The predicted molar refractivity (Wildman–Crippen MR) is 144 cm³/mol. The van der Waals surface area contributed by atoms with Crippen LogP contribution in [0.25, 0.3) is 22.2 Å². The lowest BCUT2D eigenvalue weighted by atomic mass is 10.0. The third-order valence-corrected chi connectivity index (χ3v) is 6.64. The van der Waals surface area contributed by atoms with Gasteiger partial charge in [-0.25, -0.2) is 4.98 Å². The van der Waals surface area contributed by atoms with Crippen LogP contribution in [0.2, 0.25) is 0 Å². The summed E-state index contributed by atoms with van der Waals surface area (Å²) in [5, 5.41) is 2.98. The van der Waals surface area contributed by atoms with Crippen molar-refractivity contribution in [3.8, 4) is 11.1 Å². The van der Waals surface area contributed by atoms with Gasteiger partial charge in [0.05, 0.1) is 35.3 Å². The third kappa shape index (κ3) is 5.16. The molecule has 7 heteroatoms. The number of imidazole rings is 1. The number of ether oxygens (including phenoxy) is 1. The number of aromatic nitrogens is 3. The molecular formula is C29H35N5O2. The van der Waals surface area contributed by atoms with Crippen LogP contribution in [-0.4, -0.2) is 45.7 Å². The number of fused-ring (bicyclic) bond motifs is 1. The van der Waals surface area contributed by atoms with Crippen molar-refractivity contribution >= 4 is 22.6 Å². The highest BCUT2D eigenvalue weighted by Crippen LogP contribution is 2.28. The van der Waals surface area contributed by atoms with E-state index in [4.69, 9.17) is 4.74 Å². The molecular weight excluding hydrogens is 450 g/mol. The van der Waals surface area contributed by atoms with Gasteiger partial charge in [-0.15, -0.1) is 0 Å². The number of hydrogen-bond acceptors (Lipinski definition) is 4. The zero-order chi connectivity index (χ0) is 25.4. The van der Waals surface area contributed by atoms with E-state index >= 15 is 0 Å². The number of hydrogen-bond donors (Lipinski definition) is 2. The number of nitrogens with one attached hydrogen (secondary N) is 2. The first-order valence-electron chi connectivity index (χ1n) is 12.6. The van der Waals surface area contributed by atoms with Gasteiger partial charge in [0.2, 0.25) is 0 Å². The van der Waals surface area contributed by atoms with E-state index in [0.717, 1.165) is 41.1 Å². The van der Waals surface area contributed by atoms with Gasteiger partial charge in [-0.1, -0.05) is 18.2 Å². The summed E-state index contributed by atoms with van der Waals surface area (Å²) in [6.45, 7) is 12.7. The molecule has 2 atom stereocenters. The Kier molecular flexibility index (Phi) is 6.35. The van der Waals surface area contributed by atoms with E-state index in [0.29, 0.717) is 12.1 Å². The van der Waals surface area contributed by atoms with E-state index in [2.05, 4.69) is 91.2 Å². The van der Waals surface area contributed by atoms with Crippen molar-refractivity contribution in [1.82, 2.24) is 19.9 Å². The van der Waals surface area contributed by atoms with Crippen LogP contribution in [0.4, 0.5) is 5.69 Å². The molecule has 4 aromatic rings. The summed E-state index contributed by atoms with van der Waals surface area (Å²) in [5.41, 5.74) is 5.92. The average molecular weight is 486 g/mol. The molecule has 2 aromatic heterocycles. The molecule has 1 fully saturated rings. The number of H-pyrrole nitrogens is 1. The van der Waals surface area contributed by atoms with Gasteiger partial charge in [-0.2, -0.15) is 0 Å². The largest absolute Gasteiger partial charge is 0.372 e. The molecule has 0 spiro atoms. The number of rotatable bonds is 5. The number of carbonyl (C=O) groups is 1. The Morgan fingerprint density at radius 3 is 2.56 bits per heavy atom. The monoisotopic (exact) mass is 485 g/mol. The van der Waals surface area contributed by atoms with E-state index in [-0.39, 0.29) is 23.7 Å². The number of carbonyl (C=O) groups excluding carboxylic acids is 1. The summed E-state index contributed by atoms with van der Waals surface area (Å²) >= 11 is 0. The number of nitrogens with zero attached hydrogens (tertiary/aromatic N) is 3. The summed E-state index contributed by atoms with van der Waals surface area (Å²) in [4.78, 5) is 23.1. The Bertz CT molecular complexity index is 1370. The molecule has 0 saturated carbocycles. The van der Waals surface area contributed by atoms with Crippen LogP contribution in [0, 0.1) is 0 Å². The molecule has 0 bridgehead atoms. The van der Waals surface area contributed by atoms with Gasteiger partial charge >= 0.3 is 0 Å². The fraction of sp³-hybridized carbons (Fsp3) is 0.379. The van der Waals surface area contributed by atoms with Gasteiger partial charge in [0, 0.05) is 36.7 Å². The summed E-state index contributed by atoms with van der Waals surface area (Å²) in [5.74, 6) is 0.624. The first-order chi connectivity index (χ1) is 17.2. The molecule has 1 aliphatic rings. The number of aromatic amines is 1. The molecule has 5 rings (SSSR count). The summed E-state index contributed by atoms with van der Waals surface area (Å²) in [7, 11) is 0. The van der Waals surface area contributed by atoms with Gasteiger partial charge in [-0.05, 0) is 76.1 Å². The first kappa shape index (κ1) is 24.1. The Morgan fingerprint density at radius 2 is 1.83 bits per heavy atom. The fourth-order valence-electron chi connectivity index (χ4n) is 4.81. The molecule has 1 aliphatic heterocycles. The molecule has 3 heterocycles. The lowest BCUT2D eigenvalue weighted by molar-refractivity contribution is -0.00521. The molecule has 2 aromatic carbocycles. The quantitative estimate of drug-likeness (QED) is 0.401. The number of benzene rings is 2. The Morgan fingerprint density at radius 1 is 1.08 bits per heavy atom. The summed E-state index contributed by atoms with van der Waals surface area (Å²) < 4.78 is 7.94. The van der Waals surface area contributed by atoms with Crippen LogP contribution < -0.4 is 10.2 Å². The molecule has 0 radical (unpaired) electrons. The molecule has 1 saturated heterocycles. The van der Waals surface area contributed by atoms with Gasteiger partial charge in [0.15, 0.2) is 0 Å². The summed E-state index contributed by atoms with van der Waals surface area (Å²) in [6.07, 6.45) is 4.26. The first-order valence-corrected chi connectivity index (χ1v) is 12.6. The van der Waals surface area contributed by atoms with Gasteiger partial charge in [0.25, 0.3) is 5.91 Å². The maximum absolute atomic E-state index is 12.6. The smallest absolute Gasteiger partial charge is 0.253 e. The SMILES string of the molecule is CC1CN(c2cccc(-c3ccc4nc(CNC(=O)c5ccn(C(C)(C)C)c5)[nH]c4c3)c2)C[C@@H](C)O1. The number of morpholine rings is 1. The molecule has 2 N–H and O–H groups in total. The van der Waals surface area contributed by atoms with Crippen LogP contribution in [-0.2, 0) is 16.8 Å². The second-order valence-electron chi connectivity index (χ2n) is 10.8. The third-order valence-electron chi connectivity index (χ3n) is 6.64. The van der Waals surface area contributed by atoms with Crippen molar-refractivity contribution in [2.24, 2.45) is 0 Å². The van der Waals surface area contributed by atoms with Crippen molar-refractivity contribution < 1.29 is 9.53 Å². The predicted octanol–water partition coefficient (Wildman–Crippen LogP) is 5.33. The number of anilines is 1. The van der Waals surface area contributed by atoms with Crippen molar-refractivity contribution in [3.05, 3.63) is 72.3 Å². The van der Waals surface area contributed by atoms with Crippen LogP contribution in [0.3, 0.4) is 0 Å². The van der Waals surface area contributed by atoms with Crippen molar-refractivity contribution in [2.45, 2.75) is 58.9 Å². The van der Waals surface area contributed by atoms with Crippen LogP contribution in [0.5, 0.6) is 0 Å². The van der Waals surface area contributed by atoms with Gasteiger partial charge in [0.1, 0.15) is 5.82 Å². The Labute approximate surface area is 212 Å². The molecule has 1 unspecified atom stereocenters. The molecule has 188 valence electrons. The minimum atomic E-state index is -0.109. The lowest BCUT2D eigenvalue weighted by Gasteiger charge is -2.37. The van der Waals surface area contributed by atoms with Gasteiger partial charge in [-0.3, -0.25) is 4.79 Å². The second kappa shape index (κ2) is 9.47. The minimum absolute atomic E-state index is 0.0620.